The van der Waals surface area contributed by atoms with Gasteiger partial charge >= 0.3 is 0 Å². The first-order chi connectivity index (χ1) is 8.43. The molecule has 0 radical (unpaired) electrons. The number of rotatable bonds is 5. The highest BCUT2D eigenvalue weighted by molar-refractivity contribution is 5.00. The Labute approximate surface area is 114 Å². The number of nitrogens with one attached hydrogen (secondary N) is 1. The minimum absolute atomic E-state index is 0.469. The van der Waals surface area contributed by atoms with E-state index in [1.165, 1.54) is 37.9 Å². The summed E-state index contributed by atoms with van der Waals surface area (Å²) < 4.78 is 0. The minimum atomic E-state index is 0.469. The van der Waals surface area contributed by atoms with Crippen molar-refractivity contribution in [1.29, 1.82) is 0 Å². The molecule has 18 heavy (non-hydrogen) atoms. The van der Waals surface area contributed by atoms with Gasteiger partial charge in [0.1, 0.15) is 0 Å². The van der Waals surface area contributed by atoms with E-state index in [-0.39, 0.29) is 0 Å². The molecule has 1 aliphatic rings. The SMILES string of the molecule is C=C(CNCC)CN1CCCC(C(C)(C)C)CC1. The Morgan fingerprint density at radius 3 is 2.61 bits per heavy atom. The lowest BCUT2D eigenvalue weighted by molar-refractivity contribution is 0.210. The maximum absolute atomic E-state index is 4.18. The standard InChI is InChI=1S/C16H32N2/c1-6-17-12-14(2)13-18-10-7-8-15(9-11-18)16(3,4)5/h15,17H,2,6-13H2,1,3-5H3. The average Bonchev–Trinajstić information content (AvgIpc) is 2.51. The van der Waals surface area contributed by atoms with E-state index >= 15 is 0 Å². The fourth-order valence-corrected chi connectivity index (χ4v) is 2.85. The van der Waals surface area contributed by atoms with Crippen LogP contribution in [-0.4, -0.2) is 37.6 Å². The van der Waals surface area contributed by atoms with Crippen molar-refractivity contribution < 1.29 is 0 Å². The molecule has 1 N–H and O–H groups in total. The monoisotopic (exact) mass is 252 g/mol. The first-order valence-electron chi connectivity index (χ1n) is 7.53. The van der Waals surface area contributed by atoms with E-state index in [1.54, 1.807) is 0 Å². The van der Waals surface area contributed by atoms with E-state index in [1.807, 2.05) is 0 Å². The highest BCUT2D eigenvalue weighted by Gasteiger charge is 2.26. The molecule has 0 spiro atoms. The maximum atomic E-state index is 4.18. The highest BCUT2D eigenvalue weighted by Crippen LogP contribution is 2.34. The lowest BCUT2D eigenvalue weighted by atomic mass is 9.77. The zero-order valence-corrected chi connectivity index (χ0v) is 12.9. The summed E-state index contributed by atoms with van der Waals surface area (Å²) in [6, 6.07) is 0. The van der Waals surface area contributed by atoms with Crippen molar-refractivity contribution in [3.63, 3.8) is 0 Å². The fourth-order valence-electron chi connectivity index (χ4n) is 2.85. The Morgan fingerprint density at radius 2 is 2.00 bits per heavy atom. The number of hydrogen-bond acceptors (Lipinski definition) is 2. The van der Waals surface area contributed by atoms with Gasteiger partial charge in [0.25, 0.3) is 0 Å². The zero-order valence-electron chi connectivity index (χ0n) is 12.9. The van der Waals surface area contributed by atoms with E-state index in [0.29, 0.717) is 5.41 Å². The van der Waals surface area contributed by atoms with E-state index in [0.717, 1.165) is 25.6 Å². The first-order valence-corrected chi connectivity index (χ1v) is 7.53. The second kappa shape index (κ2) is 7.30. The van der Waals surface area contributed by atoms with Crippen molar-refractivity contribution in [2.75, 3.05) is 32.7 Å². The molecule has 0 aromatic rings. The van der Waals surface area contributed by atoms with Crippen LogP contribution in [0.25, 0.3) is 0 Å². The summed E-state index contributed by atoms with van der Waals surface area (Å²) in [4.78, 5) is 2.59. The van der Waals surface area contributed by atoms with Gasteiger partial charge in [-0.15, -0.1) is 0 Å². The molecule has 1 heterocycles. The molecule has 1 saturated heterocycles. The summed E-state index contributed by atoms with van der Waals surface area (Å²) >= 11 is 0. The van der Waals surface area contributed by atoms with E-state index in [4.69, 9.17) is 0 Å². The topological polar surface area (TPSA) is 15.3 Å². The Kier molecular flexibility index (Phi) is 6.37. The summed E-state index contributed by atoms with van der Waals surface area (Å²) in [6.45, 7) is 19.1. The minimum Gasteiger partial charge on any atom is -0.313 e. The first kappa shape index (κ1) is 15.7. The Bertz CT molecular complexity index is 252. The van der Waals surface area contributed by atoms with Crippen LogP contribution in [0.5, 0.6) is 0 Å². The molecule has 0 saturated carbocycles. The van der Waals surface area contributed by atoms with Gasteiger partial charge < -0.3 is 5.32 Å². The molecule has 1 atom stereocenters. The molecule has 0 amide bonds. The van der Waals surface area contributed by atoms with Crippen molar-refractivity contribution in [3.05, 3.63) is 12.2 Å². The van der Waals surface area contributed by atoms with Crippen LogP contribution >= 0.6 is 0 Å². The summed E-state index contributed by atoms with van der Waals surface area (Å²) in [5, 5.41) is 3.36. The van der Waals surface area contributed by atoms with Gasteiger partial charge in [-0.3, -0.25) is 4.90 Å². The van der Waals surface area contributed by atoms with Gasteiger partial charge in [-0.25, -0.2) is 0 Å². The molecule has 0 aromatic carbocycles. The lowest BCUT2D eigenvalue weighted by Crippen LogP contribution is -2.30. The third kappa shape index (κ3) is 5.53. The van der Waals surface area contributed by atoms with Crippen LogP contribution in [0, 0.1) is 11.3 Å². The summed E-state index contributed by atoms with van der Waals surface area (Å²) in [6.07, 6.45) is 4.08. The van der Waals surface area contributed by atoms with Crippen LogP contribution in [0.15, 0.2) is 12.2 Å². The number of likely N-dealkylation sites (tertiary alicyclic amines) is 1. The van der Waals surface area contributed by atoms with E-state index < -0.39 is 0 Å². The van der Waals surface area contributed by atoms with Crippen molar-refractivity contribution in [1.82, 2.24) is 10.2 Å². The smallest absolute Gasteiger partial charge is 0.0202 e. The predicted molar refractivity (Wildman–Crippen MR) is 80.9 cm³/mol. The maximum Gasteiger partial charge on any atom is 0.0202 e. The molecule has 0 bridgehead atoms. The van der Waals surface area contributed by atoms with Crippen molar-refractivity contribution in [2.45, 2.75) is 47.0 Å². The van der Waals surface area contributed by atoms with Crippen molar-refractivity contribution in [2.24, 2.45) is 11.3 Å². The number of likely N-dealkylation sites (N-methyl/N-ethyl adjacent to an activating group) is 1. The van der Waals surface area contributed by atoms with E-state index in [9.17, 15) is 0 Å². The van der Waals surface area contributed by atoms with E-state index in [2.05, 4.69) is 44.5 Å². The van der Waals surface area contributed by atoms with Gasteiger partial charge in [-0.05, 0) is 55.8 Å². The fraction of sp³-hybridized carbons (Fsp3) is 0.875. The largest absolute Gasteiger partial charge is 0.313 e. The highest BCUT2D eigenvalue weighted by atomic mass is 15.1. The normalized spacial score (nSPS) is 22.8. The summed E-state index contributed by atoms with van der Waals surface area (Å²) in [5.41, 5.74) is 1.79. The van der Waals surface area contributed by atoms with Crippen molar-refractivity contribution in [3.8, 4) is 0 Å². The molecule has 0 aliphatic carbocycles. The van der Waals surface area contributed by atoms with Gasteiger partial charge in [0.05, 0.1) is 0 Å². The Balaban J connectivity index is 2.35. The molecule has 1 unspecified atom stereocenters. The number of hydrogen-bond donors (Lipinski definition) is 1. The van der Waals surface area contributed by atoms with Crippen LogP contribution < -0.4 is 5.32 Å². The molecular weight excluding hydrogens is 220 g/mol. The third-order valence-corrected chi connectivity index (χ3v) is 4.12. The molecule has 2 heteroatoms. The third-order valence-electron chi connectivity index (χ3n) is 4.12. The molecule has 106 valence electrons. The summed E-state index contributed by atoms with van der Waals surface area (Å²) in [5.74, 6) is 0.879. The molecule has 1 fully saturated rings. The van der Waals surface area contributed by atoms with Gasteiger partial charge in [0.15, 0.2) is 0 Å². The van der Waals surface area contributed by atoms with Gasteiger partial charge in [0, 0.05) is 13.1 Å². The average molecular weight is 252 g/mol. The second-order valence-electron chi connectivity index (χ2n) is 6.80. The molecule has 1 rings (SSSR count). The zero-order chi connectivity index (χ0) is 13.6. The predicted octanol–water partition coefficient (Wildman–Crippen LogP) is 3.30. The van der Waals surface area contributed by atoms with Gasteiger partial charge in [0.2, 0.25) is 0 Å². The Morgan fingerprint density at radius 1 is 1.28 bits per heavy atom. The van der Waals surface area contributed by atoms with Crippen LogP contribution in [0.1, 0.15) is 47.0 Å². The van der Waals surface area contributed by atoms with Crippen LogP contribution in [0.4, 0.5) is 0 Å². The number of nitrogens with zero attached hydrogens (tertiary/aromatic N) is 1. The molecule has 2 nitrogen and oxygen atoms in total. The quantitative estimate of drug-likeness (QED) is 0.755. The Hall–Kier alpha value is -0.340. The molecular formula is C16H32N2. The van der Waals surface area contributed by atoms with Gasteiger partial charge in [-0.1, -0.05) is 34.3 Å². The van der Waals surface area contributed by atoms with Crippen LogP contribution in [0.3, 0.4) is 0 Å². The van der Waals surface area contributed by atoms with Gasteiger partial charge in [-0.2, -0.15) is 0 Å². The molecule has 0 aromatic heterocycles. The van der Waals surface area contributed by atoms with Crippen LogP contribution in [-0.2, 0) is 0 Å². The lowest BCUT2D eigenvalue weighted by Gasteiger charge is -2.30. The second-order valence-corrected chi connectivity index (χ2v) is 6.80. The summed E-state index contributed by atoms with van der Waals surface area (Å²) in [7, 11) is 0. The van der Waals surface area contributed by atoms with Crippen molar-refractivity contribution >= 4 is 0 Å². The molecule has 1 aliphatic heterocycles. The van der Waals surface area contributed by atoms with Crippen LogP contribution in [0.2, 0.25) is 0 Å².